The Balaban J connectivity index is 2.05. The van der Waals surface area contributed by atoms with E-state index in [4.69, 9.17) is 0 Å². The number of esters is 1. The van der Waals surface area contributed by atoms with Gasteiger partial charge >= 0.3 is 5.97 Å². The fourth-order valence-corrected chi connectivity index (χ4v) is 3.74. The van der Waals surface area contributed by atoms with Crippen LogP contribution < -0.4 is 0 Å². The molecule has 0 bridgehead atoms. The van der Waals surface area contributed by atoms with Gasteiger partial charge in [-0.2, -0.15) is 0 Å². The first-order chi connectivity index (χ1) is 10.9. The summed E-state index contributed by atoms with van der Waals surface area (Å²) >= 11 is 0. The van der Waals surface area contributed by atoms with Crippen LogP contribution in [0.2, 0.25) is 0 Å². The van der Waals surface area contributed by atoms with E-state index in [-0.39, 0.29) is 29.2 Å². The maximum atomic E-state index is 11.1. The van der Waals surface area contributed by atoms with Crippen molar-refractivity contribution in [2.45, 2.75) is 44.4 Å². The van der Waals surface area contributed by atoms with E-state index in [1.54, 1.807) is 12.1 Å². The lowest BCUT2D eigenvalue weighted by molar-refractivity contribution is -0.134. The largest absolute Gasteiger partial charge is 0.508 e. The zero-order chi connectivity index (χ0) is 16.9. The van der Waals surface area contributed by atoms with Crippen LogP contribution in [0.5, 0.6) is 5.75 Å². The first-order valence-corrected chi connectivity index (χ1v) is 8.08. The molecule has 2 rings (SSSR count). The maximum absolute atomic E-state index is 11.1. The molecule has 0 saturated heterocycles. The van der Waals surface area contributed by atoms with Gasteiger partial charge in [-0.1, -0.05) is 25.1 Å². The van der Waals surface area contributed by atoms with Crippen molar-refractivity contribution in [3.8, 4) is 5.75 Å². The van der Waals surface area contributed by atoms with E-state index < -0.39 is 0 Å². The number of ether oxygens (including phenoxy) is 1. The zero-order valence-electron chi connectivity index (χ0n) is 13.9. The quantitative estimate of drug-likeness (QED) is 0.624. The van der Waals surface area contributed by atoms with E-state index in [0.717, 1.165) is 37.7 Å². The monoisotopic (exact) mass is 318 g/mol. The molecule has 0 amide bonds. The van der Waals surface area contributed by atoms with Gasteiger partial charge in [-0.05, 0) is 55.2 Å². The third kappa shape index (κ3) is 4.14. The molecule has 2 N–H and O–H groups in total. The number of hydrogen-bond acceptors (Lipinski definition) is 4. The Morgan fingerprint density at radius 3 is 2.83 bits per heavy atom. The predicted molar refractivity (Wildman–Crippen MR) is 89.2 cm³/mol. The molecule has 1 aromatic carbocycles. The maximum Gasteiger partial charge on any atom is 0.330 e. The first-order valence-electron chi connectivity index (χ1n) is 8.08. The molecule has 1 aliphatic carbocycles. The molecule has 0 aliphatic heterocycles. The summed E-state index contributed by atoms with van der Waals surface area (Å²) in [7, 11) is 1.37. The molecule has 2 atom stereocenters. The van der Waals surface area contributed by atoms with Crippen molar-refractivity contribution in [1.82, 2.24) is 0 Å². The number of carbonyl (C=O) groups excluding carboxylic acids is 1. The lowest BCUT2D eigenvalue weighted by Crippen LogP contribution is -2.29. The summed E-state index contributed by atoms with van der Waals surface area (Å²) in [5.41, 5.74) is 0.850. The molecule has 2 unspecified atom stereocenters. The number of phenols is 1. The van der Waals surface area contributed by atoms with Crippen LogP contribution in [0.25, 0.3) is 0 Å². The third-order valence-corrected chi connectivity index (χ3v) is 5.10. The third-order valence-electron chi connectivity index (χ3n) is 5.10. The highest BCUT2D eigenvalue weighted by Crippen LogP contribution is 2.53. The van der Waals surface area contributed by atoms with E-state index in [2.05, 4.69) is 11.7 Å². The van der Waals surface area contributed by atoms with Crippen molar-refractivity contribution in [1.29, 1.82) is 0 Å². The predicted octanol–water partition coefficient (Wildman–Crippen LogP) is 3.32. The number of allylic oxidation sites excluding steroid dienone is 1. The summed E-state index contributed by atoms with van der Waals surface area (Å²) in [5.74, 6) is -0.0871. The Bertz CT molecular complexity index is 580. The summed E-state index contributed by atoms with van der Waals surface area (Å²) in [4.78, 5) is 11.1. The first kappa shape index (κ1) is 17.5. The van der Waals surface area contributed by atoms with Crippen molar-refractivity contribution in [2.75, 3.05) is 13.7 Å². The van der Waals surface area contributed by atoms with E-state index >= 15 is 0 Å². The van der Waals surface area contributed by atoms with E-state index in [9.17, 15) is 15.0 Å². The average molecular weight is 318 g/mol. The highest BCUT2D eigenvalue weighted by atomic mass is 16.5. The van der Waals surface area contributed by atoms with E-state index in [0.29, 0.717) is 0 Å². The van der Waals surface area contributed by atoms with Crippen molar-refractivity contribution in [3.63, 3.8) is 0 Å². The summed E-state index contributed by atoms with van der Waals surface area (Å²) in [6.07, 6.45) is 7.90. The van der Waals surface area contributed by atoms with E-state index in [1.165, 1.54) is 13.2 Å². The topological polar surface area (TPSA) is 66.8 Å². The van der Waals surface area contributed by atoms with Crippen molar-refractivity contribution >= 4 is 5.97 Å². The molecule has 23 heavy (non-hydrogen) atoms. The Hall–Kier alpha value is -1.81. The molecule has 0 aromatic heterocycles. The lowest BCUT2D eigenvalue weighted by atomic mass is 9.74. The molecule has 1 fully saturated rings. The number of hydrogen-bond donors (Lipinski definition) is 2. The molecular formula is C19H26O4. The van der Waals surface area contributed by atoms with Crippen LogP contribution in [-0.4, -0.2) is 29.9 Å². The summed E-state index contributed by atoms with van der Waals surface area (Å²) < 4.78 is 4.58. The average Bonchev–Trinajstić information content (AvgIpc) is 2.90. The second kappa shape index (κ2) is 7.18. The molecule has 4 nitrogen and oxygen atoms in total. The molecule has 0 radical (unpaired) electrons. The lowest BCUT2D eigenvalue weighted by Gasteiger charge is -2.31. The van der Waals surface area contributed by atoms with Crippen LogP contribution >= 0.6 is 0 Å². The molecule has 1 aliphatic rings. The SMILES string of the molecule is COC(=O)/C=C/CCC1(C)CCC(CO)(c2cccc(O)c2)C1. The second-order valence-corrected chi connectivity index (χ2v) is 6.94. The highest BCUT2D eigenvalue weighted by Gasteiger charge is 2.45. The van der Waals surface area contributed by atoms with Gasteiger partial charge in [-0.25, -0.2) is 4.79 Å². The van der Waals surface area contributed by atoms with Crippen LogP contribution in [-0.2, 0) is 14.9 Å². The number of carbonyl (C=O) groups is 1. The number of aliphatic hydroxyl groups is 1. The van der Waals surface area contributed by atoms with Crippen LogP contribution in [0.4, 0.5) is 0 Å². The fourth-order valence-electron chi connectivity index (χ4n) is 3.74. The number of rotatable bonds is 6. The minimum atomic E-state index is -0.328. The number of phenolic OH excluding ortho intramolecular Hbond substituents is 1. The van der Waals surface area contributed by atoms with Gasteiger partial charge in [0.15, 0.2) is 0 Å². The van der Waals surface area contributed by atoms with Gasteiger partial charge < -0.3 is 14.9 Å². The van der Waals surface area contributed by atoms with Gasteiger partial charge in [0.1, 0.15) is 5.75 Å². The molecule has 1 saturated carbocycles. The minimum absolute atomic E-state index is 0.0873. The van der Waals surface area contributed by atoms with Crippen molar-refractivity contribution < 1.29 is 19.7 Å². The van der Waals surface area contributed by atoms with Crippen molar-refractivity contribution in [2.24, 2.45) is 5.41 Å². The molecule has 126 valence electrons. The van der Waals surface area contributed by atoms with Gasteiger partial charge in [0, 0.05) is 11.5 Å². The van der Waals surface area contributed by atoms with Crippen LogP contribution in [0.1, 0.15) is 44.6 Å². The second-order valence-electron chi connectivity index (χ2n) is 6.94. The van der Waals surface area contributed by atoms with Crippen molar-refractivity contribution in [3.05, 3.63) is 42.0 Å². The Kier molecular flexibility index (Phi) is 5.47. The van der Waals surface area contributed by atoms with Gasteiger partial charge in [0.05, 0.1) is 13.7 Å². The minimum Gasteiger partial charge on any atom is -0.508 e. The standard InChI is InChI=1S/C19H26O4/c1-18(9-4-3-8-17(22)23-2)10-11-19(13-18,14-20)15-6-5-7-16(21)12-15/h3,5-8,12,20-21H,4,9-11,13-14H2,1-2H3/b8-3+. The normalized spacial score (nSPS) is 27.4. The van der Waals surface area contributed by atoms with E-state index in [1.807, 2.05) is 18.2 Å². The van der Waals surface area contributed by atoms with Gasteiger partial charge in [0.2, 0.25) is 0 Å². The number of aromatic hydroxyl groups is 1. The highest BCUT2D eigenvalue weighted by molar-refractivity contribution is 5.81. The summed E-state index contributed by atoms with van der Waals surface area (Å²) in [5, 5.41) is 19.7. The molecule has 1 aromatic rings. The van der Waals surface area contributed by atoms with Crippen LogP contribution in [0.15, 0.2) is 36.4 Å². The molecule has 0 heterocycles. The smallest absolute Gasteiger partial charge is 0.330 e. The Morgan fingerprint density at radius 1 is 1.39 bits per heavy atom. The van der Waals surface area contributed by atoms with Crippen LogP contribution in [0.3, 0.4) is 0 Å². The van der Waals surface area contributed by atoms with Gasteiger partial charge in [-0.3, -0.25) is 0 Å². The summed E-state index contributed by atoms with van der Waals surface area (Å²) in [6.45, 7) is 2.32. The van der Waals surface area contributed by atoms with Crippen LogP contribution in [0, 0.1) is 5.41 Å². The molecule has 0 spiro atoms. The molecule has 4 heteroatoms. The summed E-state index contributed by atoms with van der Waals surface area (Å²) in [6, 6.07) is 7.23. The Morgan fingerprint density at radius 2 is 2.17 bits per heavy atom. The van der Waals surface area contributed by atoms with Gasteiger partial charge in [-0.15, -0.1) is 0 Å². The number of methoxy groups -OCH3 is 1. The number of benzene rings is 1. The molecular weight excluding hydrogens is 292 g/mol. The fraction of sp³-hybridized carbons (Fsp3) is 0.526. The van der Waals surface area contributed by atoms with Gasteiger partial charge in [0.25, 0.3) is 0 Å². The number of aliphatic hydroxyl groups excluding tert-OH is 1. The zero-order valence-corrected chi connectivity index (χ0v) is 13.9. The Labute approximate surface area is 137 Å².